The van der Waals surface area contributed by atoms with E-state index in [0.717, 1.165) is 11.0 Å². The fourth-order valence-corrected chi connectivity index (χ4v) is 1.70. The van der Waals surface area contributed by atoms with Crippen molar-refractivity contribution in [2.75, 3.05) is 26.4 Å². The van der Waals surface area contributed by atoms with Gasteiger partial charge in [0, 0.05) is 12.0 Å². The molecule has 1 aromatic carbocycles. The molecule has 0 N–H and O–H groups in total. The van der Waals surface area contributed by atoms with Gasteiger partial charge in [0.1, 0.15) is 18.5 Å². The molecule has 0 bridgehead atoms. The molecule has 0 unspecified atom stereocenters. The van der Waals surface area contributed by atoms with Gasteiger partial charge in [0.05, 0.1) is 18.8 Å². The lowest BCUT2D eigenvalue weighted by Gasteiger charge is -2.02. The summed E-state index contributed by atoms with van der Waals surface area (Å²) in [4.78, 5) is 11.9. The summed E-state index contributed by atoms with van der Waals surface area (Å²) >= 11 is 0. The zero-order valence-electron chi connectivity index (χ0n) is 10.3. The molecule has 0 saturated carbocycles. The van der Waals surface area contributed by atoms with Crippen LogP contribution in [-0.4, -0.2) is 32.2 Å². The molecule has 1 aromatic heterocycles. The number of hydrogen-bond donors (Lipinski definition) is 0. The van der Waals surface area contributed by atoms with Crippen LogP contribution in [0.5, 0.6) is 0 Å². The van der Waals surface area contributed by atoms with E-state index < -0.39 is 0 Å². The number of ether oxygens (including phenoxy) is 2. The number of carbonyl (C=O) groups excluding carboxylic acids is 1. The van der Waals surface area contributed by atoms with E-state index in [0.29, 0.717) is 25.4 Å². The molecular formula is C14H16O4. The SMILES string of the molecule is CCOCCOCC(=O)c1coc2ccccc12. The highest BCUT2D eigenvalue weighted by Crippen LogP contribution is 2.20. The standard InChI is InChI=1S/C14H16O4/c1-2-16-7-8-17-10-13(15)12-9-18-14-6-4-3-5-11(12)14/h3-6,9H,2,7-8,10H2,1H3. The second kappa shape index (κ2) is 6.33. The number of fused-ring (bicyclic) bond motifs is 1. The highest BCUT2D eigenvalue weighted by molar-refractivity contribution is 6.07. The lowest BCUT2D eigenvalue weighted by Crippen LogP contribution is -2.12. The van der Waals surface area contributed by atoms with Crippen molar-refractivity contribution in [1.82, 2.24) is 0 Å². The maximum Gasteiger partial charge on any atom is 0.192 e. The molecule has 0 spiro atoms. The van der Waals surface area contributed by atoms with Crippen LogP contribution >= 0.6 is 0 Å². The molecule has 0 aliphatic heterocycles. The molecule has 0 fully saturated rings. The largest absolute Gasteiger partial charge is 0.464 e. The smallest absolute Gasteiger partial charge is 0.192 e. The molecule has 0 aliphatic rings. The van der Waals surface area contributed by atoms with E-state index in [4.69, 9.17) is 13.9 Å². The summed E-state index contributed by atoms with van der Waals surface area (Å²) in [5.41, 5.74) is 1.29. The average Bonchev–Trinajstić information content (AvgIpc) is 2.82. The van der Waals surface area contributed by atoms with Crippen LogP contribution in [0.1, 0.15) is 17.3 Å². The first-order valence-electron chi connectivity index (χ1n) is 5.98. The third-order valence-electron chi connectivity index (χ3n) is 2.59. The van der Waals surface area contributed by atoms with Crippen molar-refractivity contribution in [2.45, 2.75) is 6.92 Å². The minimum absolute atomic E-state index is 0.0522. The van der Waals surface area contributed by atoms with Crippen LogP contribution in [0.3, 0.4) is 0 Å². The summed E-state index contributed by atoms with van der Waals surface area (Å²) < 4.78 is 15.7. The molecule has 96 valence electrons. The zero-order valence-corrected chi connectivity index (χ0v) is 10.3. The third kappa shape index (κ3) is 2.97. The molecule has 4 heteroatoms. The van der Waals surface area contributed by atoms with E-state index in [2.05, 4.69) is 0 Å². The fraction of sp³-hybridized carbons (Fsp3) is 0.357. The summed E-state index contributed by atoms with van der Waals surface area (Å²) in [6, 6.07) is 7.46. The number of hydrogen-bond acceptors (Lipinski definition) is 4. The van der Waals surface area contributed by atoms with Gasteiger partial charge in [-0.05, 0) is 13.0 Å². The lowest BCUT2D eigenvalue weighted by atomic mass is 10.1. The number of para-hydroxylation sites is 1. The van der Waals surface area contributed by atoms with Gasteiger partial charge in [-0.2, -0.15) is 0 Å². The predicted octanol–water partition coefficient (Wildman–Crippen LogP) is 2.67. The van der Waals surface area contributed by atoms with Gasteiger partial charge in [-0.1, -0.05) is 18.2 Å². The fourth-order valence-electron chi connectivity index (χ4n) is 1.70. The van der Waals surface area contributed by atoms with Crippen molar-refractivity contribution in [3.05, 3.63) is 36.1 Å². The van der Waals surface area contributed by atoms with E-state index in [1.54, 1.807) is 0 Å². The first kappa shape index (κ1) is 12.8. The second-order valence-corrected chi connectivity index (χ2v) is 3.82. The number of carbonyl (C=O) groups is 1. The van der Waals surface area contributed by atoms with Crippen LogP contribution in [-0.2, 0) is 9.47 Å². The molecule has 0 saturated heterocycles. The van der Waals surface area contributed by atoms with E-state index in [1.807, 2.05) is 31.2 Å². The molecule has 0 aliphatic carbocycles. The summed E-state index contributed by atoms with van der Waals surface area (Å²) in [5, 5.41) is 0.830. The topological polar surface area (TPSA) is 48.7 Å². The minimum atomic E-state index is -0.0727. The Morgan fingerprint density at radius 2 is 2.00 bits per heavy atom. The third-order valence-corrected chi connectivity index (χ3v) is 2.59. The molecule has 4 nitrogen and oxygen atoms in total. The van der Waals surface area contributed by atoms with Crippen molar-refractivity contribution in [1.29, 1.82) is 0 Å². The summed E-state index contributed by atoms with van der Waals surface area (Å²) in [6.07, 6.45) is 1.49. The van der Waals surface area contributed by atoms with E-state index in [-0.39, 0.29) is 12.4 Å². The Bertz CT molecular complexity index is 515. The minimum Gasteiger partial charge on any atom is -0.464 e. The summed E-state index contributed by atoms with van der Waals surface area (Å²) in [7, 11) is 0. The zero-order chi connectivity index (χ0) is 12.8. The molecule has 1 heterocycles. The van der Waals surface area contributed by atoms with Gasteiger partial charge in [-0.25, -0.2) is 0 Å². The Balaban J connectivity index is 1.93. The Kier molecular flexibility index (Phi) is 4.50. The number of benzene rings is 1. The Labute approximate surface area is 105 Å². The molecular weight excluding hydrogens is 232 g/mol. The van der Waals surface area contributed by atoms with Crippen molar-refractivity contribution >= 4 is 16.8 Å². The van der Waals surface area contributed by atoms with Gasteiger partial charge in [-0.15, -0.1) is 0 Å². The van der Waals surface area contributed by atoms with Gasteiger partial charge in [0.2, 0.25) is 0 Å². The quantitative estimate of drug-likeness (QED) is 0.558. The van der Waals surface area contributed by atoms with E-state index in [1.165, 1.54) is 6.26 Å². The lowest BCUT2D eigenvalue weighted by molar-refractivity contribution is 0.0475. The molecule has 0 radical (unpaired) electrons. The van der Waals surface area contributed by atoms with Crippen LogP contribution in [0.15, 0.2) is 34.9 Å². The average molecular weight is 248 g/mol. The molecule has 0 amide bonds. The van der Waals surface area contributed by atoms with Crippen LogP contribution < -0.4 is 0 Å². The Hall–Kier alpha value is -1.65. The normalized spacial score (nSPS) is 10.9. The van der Waals surface area contributed by atoms with Gasteiger partial charge in [0.25, 0.3) is 0 Å². The number of rotatable bonds is 7. The van der Waals surface area contributed by atoms with E-state index >= 15 is 0 Å². The van der Waals surface area contributed by atoms with Gasteiger partial charge in [0.15, 0.2) is 5.78 Å². The van der Waals surface area contributed by atoms with Crippen molar-refractivity contribution in [3.8, 4) is 0 Å². The van der Waals surface area contributed by atoms with E-state index in [9.17, 15) is 4.79 Å². The highest BCUT2D eigenvalue weighted by Gasteiger charge is 2.13. The second-order valence-electron chi connectivity index (χ2n) is 3.82. The first-order chi connectivity index (χ1) is 8.83. The molecule has 2 aromatic rings. The number of Topliss-reactive ketones (excluding diaryl/α,β-unsaturated/α-hetero) is 1. The monoisotopic (exact) mass is 248 g/mol. The van der Waals surface area contributed by atoms with Gasteiger partial charge < -0.3 is 13.9 Å². The maximum absolute atomic E-state index is 11.9. The van der Waals surface area contributed by atoms with Crippen LogP contribution in [0.2, 0.25) is 0 Å². The summed E-state index contributed by atoms with van der Waals surface area (Å²) in [5.74, 6) is -0.0727. The summed E-state index contributed by atoms with van der Waals surface area (Å²) in [6.45, 7) is 3.56. The van der Waals surface area contributed by atoms with Crippen LogP contribution in [0, 0.1) is 0 Å². The molecule has 2 rings (SSSR count). The molecule has 0 atom stereocenters. The number of furan rings is 1. The Morgan fingerprint density at radius 1 is 1.22 bits per heavy atom. The first-order valence-corrected chi connectivity index (χ1v) is 5.98. The van der Waals surface area contributed by atoms with Crippen LogP contribution in [0.25, 0.3) is 11.0 Å². The van der Waals surface area contributed by atoms with Gasteiger partial charge in [-0.3, -0.25) is 4.79 Å². The van der Waals surface area contributed by atoms with Crippen molar-refractivity contribution in [3.63, 3.8) is 0 Å². The molecule has 18 heavy (non-hydrogen) atoms. The van der Waals surface area contributed by atoms with Crippen molar-refractivity contribution in [2.24, 2.45) is 0 Å². The highest BCUT2D eigenvalue weighted by atomic mass is 16.5. The van der Waals surface area contributed by atoms with Gasteiger partial charge >= 0.3 is 0 Å². The predicted molar refractivity (Wildman–Crippen MR) is 67.9 cm³/mol. The Morgan fingerprint density at radius 3 is 2.83 bits per heavy atom. The van der Waals surface area contributed by atoms with Crippen LogP contribution in [0.4, 0.5) is 0 Å². The van der Waals surface area contributed by atoms with Crippen molar-refractivity contribution < 1.29 is 18.7 Å². The number of ketones is 1. The maximum atomic E-state index is 11.9.